The van der Waals surface area contributed by atoms with Crippen LogP contribution in [0.2, 0.25) is 0 Å². The van der Waals surface area contributed by atoms with Crippen molar-refractivity contribution in [3.8, 4) is 0 Å². The molecule has 3 heteroatoms. The van der Waals surface area contributed by atoms with Crippen LogP contribution in [0.25, 0.3) is 10.8 Å². The highest BCUT2D eigenvalue weighted by atomic mass is 15.5. The first-order chi connectivity index (χ1) is 9.25. The Labute approximate surface area is 114 Å². The number of rotatable bonds is 2. The predicted octanol–water partition coefficient (Wildman–Crippen LogP) is 3.82. The van der Waals surface area contributed by atoms with Gasteiger partial charge in [0.05, 0.1) is 0 Å². The molecule has 3 nitrogen and oxygen atoms in total. The maximum Gasteiger partial charge on any atom is 0.148 e. The molecule has 0 bridgehead atoms. The second-order valence-electron chi connectivity index (χ2n) is 5.53. The second-order valence-corrected chi connectivity index (χ2v) is 5.53. The Morgan fingerprint density at radius 1 is 1.11 bits per heavy atom. The lowest BCUT2D eigenvalue weighted by molar-refractivity contribution is 0.135. The summed E-state index contributed by atoms with van der Waals surface area (Å²) in [5.74, 6) is 0.971. The Bertz CT molecular complexity index is 551. The van der Waals surface area contributed by atoms with Gasteiger partial charge >= 0.3 is 0 Å². The zero-order chi connectivity index (χ0) is 13.2. The van der Waals surface area contributed by atoms with Crippen molar-refractivity contribution in [3.63, 3.8) is 0 Å². The number of anilines is 1. The first-order valence-electron chi connectivity index (χ1n) is 7.14. The molecule has 1 aromatic carbocycles. The second kappa shape index (κ2) is 5.17. The predicted molar refractivity (Wildman–Crippen MR) is 80.0 cm³/mol. The van der Waals surface area contributed by atoms with Crippen molar-refractivity contribution in [2.45, 2.75) is 45.2 Å². The Morgan fingerprint density at radius 3 is 2.63 bits per heavy atom. The minimum Gasteiger partial charge on any atom is -0.302 e. The third-order valence-electron chi connectivity index (χ3n) is 4.10. The van der Waals surface area contributed by atoms with Crippen molar-refractivity contribution in [2.75, 3.05) is 5.43 Å². The molecule has 100 valence electrons. The molecule has 3 rings (SSSR count). The van der Waals surface area contributed by atoms with Crippen LogP contribution in [0.3, 0.4) is 0 Å². The lowest BCUT2D eigenvalue weighted by atomic mass is 10.00. The Balaban J connectivity index is 1.92. The van der Waals surface area contributed by atoms with Crippen molar-refractivity contribution >= 4 is 16.6 Å². The SMILES string of the molecule is CC1CCCC(C)N1Nc1nccc2ccccc12. The number of piperidine rings is 1. The first-order valence-corrected chi connectivity index (χ1v) is 7.14. The summed E-state index contributed by atoms with van der Waals surface area (Å²) in [6.45, 7) is 4.57. The standard InChI is InChI=1S/C16H21N3/c1-12-6-5-7-13(2)19(12)18-16-15-9-4-3-8-14(15)10-11-17-16/h3-4,8-13H,5-7H2,1-2H3,(H,17,18). The molecule has 1 N–H and O–H groups in total. The normalized spacial score (nSPS) is 24.5. The highest BCUT2D eigenvalue weighted by Crippen LogP contribution is 2.26. The van der Waals surface area contributed by atoms with Gasteiger partial charge < -0.3 is 5.43 Å². The summed E-state index contributed by atoms with van der Waals surface area (Å²) in [7, 11) is 0. The zero-order valence-corrected chi connectivity index (χ0v) is 11.6. The topological polar surface area (TPSA) is 28.2 Å². The molecule has 0 amide bonds. The summed E-state index contributed by atoms with van der Waals surface area (Å²) in [5, 5.41) is 4.78. The molecule has 0 aliphatic carbocycles. The summed E-state index contributed by atoms with van der Waals surface area (Å²) in [5.41, 5.74) is 3.55. The summed E-state index contributed by atoms with van der Waals surface area (Å²) in [6, 6.07) is 11.6. The smallest absolute Gasteiger partial charge is 0.148 e. The molecule has 2 atom stereocenters. The fourth-order valence-corrected chi connectivity index (χ4v) is 2.97. The highest BCUT2D eigenvalue weighted by Gasteiger charge is 2.25. The fourth-order valence-electron chi connectivity index (χ4n) is 2.97. The fraction of sp³-hybridized carbons (Fsp3) is 0.438. The van der Waals surface area contributed by atoms with Gasteiger partial charge in [-0.2, -0.15) is 0 Å². The number of hydrogen-bond acceptors (Lipinski definition) is 3. The van der Waals surface area contributed by atoms with Gasteiger partial charge in [0, 0.05) is 23.7 Å². The first kappa shape index (κ1) is 12.4. The molecule has 0 saturated carbocycles. The van der Waals surface area contributed by atoms with Crippen LogP contribution in [0, 0.1) is 0 Å². The van der Waals surface area contributed by atoms with Crippen LogP contribution in [0.5, 0.6) is 0 Å². The van der Waals surface area contributed by atoms with Gasteiger partial charge in [-0.05, 0) is 38.1 Å². The minimum absolute atomic E-state index is 0.560. The third kappa shape index (κ3) is 2.43. The van der Waals surface area contributed by atoms with E-state index in [1.165, 1.54) is 30.0 Å². The van der Waals surface area contributed by atoms with Crippen LogP contribution in [0.4, 0.5) is 5.82 Å². The van der Waals surface area contributed by atoms with Crippen molar-refractivity contribution in [2.24, 2.45) is 0 Å². The van der Waals surface area contributed by atoms with Crippen molar-refractivity contribution < 1.29 is 0 Å². The van der Waals surface area contributed by atoms with Crippen LogP contribution in [0.15, 0.2) is 36.5 Å². The van der Waals surface area contributed by atoms with E-state index in [0.717, 1.165) is 5.82 Å². The number of hydrogen-bond donors (Lipinski definition) is 1. The van der Waals surface area contributed by atoms with E-state index in [1.807, 2.05) is 6.20 Å². The molecular formula is C16H21N3. The number of hydrazine groups is 1. The lowest BCUT2D eigenvalue weighted by Crippen LogP contribution is -2.47. The number of fused-ring (bicyclic) bond motifs is 1. The van der Waals surface area contributed by atoms with E-state index in [0.29, 0.717) is 12.1 Å². The molecule has 1 fully saturated rings. The van der Waals surface area contributed by atoms with Crippen molar-refractivity contribution in [1.82, 2.24) is 9.99 Å². The molecular weight excluding hydrogens is 234 g/mol. The molecule has 2 unspecified atom stereocenters. The lowest BCUT2D eigenvalue weighted by Gasteiger charge is -2.39. The van der Waals surface area contributed by atoms with E-state index < -0.39 is 0 Å². The van der Waals surface area contributed by atoms with Crippen molar-refractivity contribution in [3.05, 3.63) is 36.5 Å². The number of aromatic nitrogens is 1. The van der Waals surface area contributed by atoms with E-state index in [4.69, 9.17) is 0 Å². The zero-order valence-electron chi connectivity index (χ0n) is 11.6. The third-order valence-corrected chi connectivity index (χ3v) is 4.10. The summed E-state index contributed by atoms with van der Waals surface area (Å²) in [4.78, 5) is 4.52. The minimum atomic E-state index is 0.560. The Hall–Kier alpha value is -1.61. The molecule has 2 heterocycles. The van der Waals surface area contributed by atoms with Gasteiger partial charge in [-0.25, -0.2) is 9.99 Å². The quantitative estimate of drug-likeness (QED) is 0.884. The molecule has 1 aliphatic heterocycles. The molecule has 2 aromatic rings. The van der Waals surface area contributed by atoms with E-state index in [1.54, 1.807) is 0 Å². The molecule has 1 saturated heterocycles. The van der Waals surface area contributed by atoms with Crippen LogP contribution < -0.4 is 5.43 Å². The number of benzene rings is 1. The van der Waals surface area contributed by atoms with Gasteiger partial charge in [0.15, 0.2) is 0 Å². The largest absolute Gasteiger partial charge is 0.302 e. The monoisotopic (exact) mass is 255 g/mol. The summed E-state index contributed by atoms with van der Waals surface area (Å²) in [6.07, 6.45) is 5.71. The van der Waals surface area contributed by atoms with Crippen LogP contribution in [0.1, 0.15) is 33.1 Å². The van der Waals surface area contributed by atoms with Crippen molar-refractivity contribution in [1.29, 1.82) is 0 Å². The molecule has 1 aromatic heterocycles. The van der Waals surface area contributed by atoms with E-state index in [-0.39, 0.29) is 0 Å². The van der Waals surface area contributed by atoms with E-state index in [9.17, 15) is 0 Å². The Morgan fingerprint density at radius 2 is 1.84 bits per heavy atom. The summed E-state index contributed by atoms with van der Waals surface area (Å²) >= 11 is 0. The maximum atomic E-state index is 4.52. The number of pyridine rings is 1. The molecule has 0 spiro atoms. The van der Waals surface area contributed by atoms with Crippen LogP contribution in [-0.4, -0.2) is 22.1 Å². The van der Waals surface area contributed by atoms with Gasteiger partial charge in [-0.1, -0.05) is 30.7 Å². The summed E-state index contributed by atoms with van der Waals surface area (Å²) < 4.78 is 0. The van der Waals surface area contributed by atoms with Gasteiger partial charge in [-0.15, -0.1) is 0 Å². The van der Waals surface area contributed by atoms with Gasteiger partial charge in [0.1, 0.15) is 5.82 Å². The average molecular weight is 255 g/mol. The van der Waals surface area contributed by atoms with E-state index in [2.05, 4.69) is 59.6 Å². The van der Waals surface area contributed by atoms with Gasteiger partial charge in [0.25, 0.3) is 0 Å². The highest BCUT2D eigenvalue weighted by molar-refractivity contribution is 5.91. The van der Waals surface area contributed by atoms with Gasteiger partial charge in [0.2, 0.25) is 0 Å². The van der Waals surface area contributed by atoms with Crippen LogP contribution in [-0.2, 0) is 0 Å². The molecule has 0 radical (unpaired) electrons. The number of nitrogens with zero attached hydrogens (tertiary/aromatic N) is 2. The van der Waals surface area contributed by atoms with Crippen LogP contribution >= 0.6 is 0 Å². The molecule has 19 heavy (non-hydrogen) atoms. The Kier molecular flexibility index (Phi) is 3.38. The molecule has 1 aliphatic rings. The van der Waals surface area contributed by atoms with E-state index >= 15 is 0 Å². The van der Waals surface area contributed by atoms with Gasteiger partial charge in [-0.3, -0.25) is 0 Å². The average Bonchev–Trinajstić information content (AvgIpc) is 2.43. The number of nitrogens with one attached hydrogen (secondary N) is 1. The maximum absolute atomic E-state index is 4.52.